The molecule has 2 N–H and O–H groups in total. The van der Waals surface area contributed by atoms with Gasteiger partial charge in [0.05, 0.1) is 25.0 Å². The van der Waals surface area contributed by atoms with Gasteiger partial charge >= 0.3 is 11.9 Å². The maximum atomic E-state index is 12.8. The predicted octanol–water partition coefficient (Wildman–Crippen LogP) is 1.80. The number of nitrogens with one attached hydrogen (secondary N) is 1. The molecule has 1 saturated heterocycles. The molecule has 2 aromatic carbocycles. The van der Waals surface area contributed by atoms with Crippen LogP contribution in [0.15, 0.2) is 48.0 Å². The minimum absolute atomic E-state index is 0.108. The van der Waals surface area contributed by atoms with Crippen molar-refractivity contribution in [3.8, 4) is 11.5 Å². The Bertz CT molecular complexity index is 1090. The summed E-state index contributed by atoms with van der Waals surface area (Å²) in [6.45, 7) is 1.52. The maximum absolute atomic E-state index is 12.8. The summed E-state index contributed by atoms with van der Waals surface area (Å²) in [4.78, 5) is 47.5. The summed E-state index contributed by atoms with van der Waals surface area (Å²) in [6.07, 6.45) is 1.39. The van der Waals surface area contributed by atoms with Crippen LogP contribution in [-0.4, -0.2) is 49.2 Å². The average molecular weight is 440 g/mol. The van der Waals surface area contributed by atoms with Crippen molar-refractivity contribution in [1.29, 1.82) is 0 Å². The molecule has 0 spiro atoms. The zero-order valence-electron chi connectivity index (χ0n) is 17.3. The monoisotopic (exact) mass is 440 g/mol. The quantitative estimate of drug-likeness (QED) is 0.361. The third kappa shape index (κ3) is 4.86. The molecular weight excluding hydrogens is 420 g/mol. The second-order valence-corrected chi connectivity index (χ2v) is 6.50. The van der Waals surface area contributed by atoms with Gasteiger partial charge in [-0.15, -0.1) is 0 Å². The minimum Gasteiger partial charge on any atom is -0.490 e. The molecule has 0 aromatic heterocycles. The first kappa shape index (κ1) is 22.3. The molecule has 1 fully saturated rings. The predicted molar refractivity (Wildman–Crippen MR) is 112 cm³/mol. The summed E-state index contributed by atoms with van der Waals surface area (Å²) >= 11 is 0. The van der Waals surface area contributed by atoms with Crippen molar-refractivity contribution >= 4 is 35.5 Å². The smallest absolute Gasteiger partial charge is 0.341 e. The Morgan fingerprint density at radius 3 is 2.41 bits per heavy atom. The number of hydrogen-bond acceptors (Lipinski definition) is 7. The van der Waals surface area contributed by atoms with E-state index in [0.29, 0.717) is 23.4 Å². The van der Waals surface area contributed by atoms with E-state index in [1.807, 2.05) is 0 Å². The van der Waals surface area contributed by atoms with Gasteiger partial charge < -0.3 is 19.3 Å². The summed E-state index contributed by atoms with van der Waals surface area (Å²) in [5.41, 5.74) is 3.52. The molecule has 0 aliphatic carbocycles. The Morgan fingerprint density at radius 2 is 1.78 bits per heavy atom. The van der Waals surface area contributed by atoms with Gasteiger partial charge in [0.25, 0.3) is 11.8 Å². The lowest BCUT2D eigenvalue weighted by Gasteiger charge is -2.14. The highest BCUT2D eigenvalue weighted by atomic mass is 16.5. The van der Waals surface area contributed by atoms with Gasteiger partial charge in [-0.05, 0) is 55.0 Å². The van der Waals surface area contributed by atoms with E-state index in [1.165, 1.54) is 43.5 Å². The summed E-state index contributed by atoms with van der Waals surface area (Å²) in [7, 11) is 1.26. The van der Waals surface area contributed by atoms with Crippen molar-refractivity contribution < 1.29 is 38.5 Å². The Labute approximate surface area is 183 Å². The fraction of sp³-hybridized carbons (Fsp3) is 0.182. The fourth-order valence-electron chi connectivity index (χ4n) is 2.91. The first-order valence-corrected chi connectivity index (χ1v) is 9.51. The molecule has 0 bridgehead atoms. The lowest BCUT2D eigenvalue weighted by atomic mass is 10.1. The molecule has 1 heterocycles. The van der Waals surface area contributed by atoms with Crippen molar-refractivity contribution in [3.05, 3.63) is 59.2 Å². The van der Waals surface area contributed by atoms with Gasteiger partial charge in [0.2, 0.25) is 0 Å². The van der Waals surface area contributed by atoms with Crippen LogP contribution in [0.4, 0.5) is 5.69 Å². The van der Waals surface area contributed by atoms with Crippen LogP contribution < -0.4 is 19.9 Å². The zero-order chi connectivity index (χ0) is 23.3. The van der Waals surface area contributed by atoms with Gasteiger partial charge in [-0.2, -0.15) is 0 Å². The van der Waals surface area contributed by atoms with Crippen LogP contribution in [0.1, 0.15) is 22.8 Å². The van der Waals surface area contributed by atoms with Crippen molar-refractivity contribution in [2.75, 3.05) is 25.3 Å². The Balaban J connectivity index is 1.84. The molecule has 32 heavy (non-hydrogen) atoms. The first-order valence-electron chi connectivity index (χ1n) is 9.51. The molecule has 2 aromatic rings. The molecule has 1 aliphatic heterocycles. The number of carbonyl (C=O) groups is 4. The van der Waals surface area contributed by atoms with Gasteiger partial charge in [0, 0.05) is 0 Å². The highest BCUT2D eigenvalue weighted by Crippen LogP contribution is 2.30. The number of methoxy groups -OCH3 is 1. The minimum atomic E-state index is -1.13. The molecule has 1 aliphatic rings. The first-order chi connectivity index (χ1) is 15.3. The molecule has 2 amide bonds. The molecule has 3 rings (SSSR count). The second-order valence-electron chi connectivity index (χ2n) is 6.50. The number of amides is 2. The molecule has 0 unspecified atom stereocenters. The Hall–Kier alpha value is -4.34. The standard InChI is InChI=1S/C22H20N2O8/c1-3-31-18-11-13(4-9-17(18)32-12-19(25)26)10-16-20(27)23-24(21(16)28)15-7-5-14(6-8-15)22(29)30-2/h4-11H,3,12H2,1-2H3,(H,23,27)(H,25,26)/b16-10+. The van der Waals surface area contributed by atoms with Crippen LogP contribution in [0.25, 0.3) is 6.08 Å². The van der Waals surface area contributed by atoms with E-state index in [-0.39, 0.29) is 17.1 Å². The summed E-state index contributed by atoms with van der Waals surface area (Å²) in [6, 6.07) is 10.6. The van der Waals surface area contributed by atoms with Crippen LogP contribution in [0.5, 0.6) is 11.5 Å². The van der Waals surface area contributed by atoms with Crippen LogP contribution in [0.3, 0.4) is 0 Å². The SMILES string of the molecule is CCOc1cc(/C=C2\C(=O)NN(c3ccc(C(=O)OC)cc3)C2=O)ccc1OCC(=O)O. The number of nitrogens with zero attached hydrogens (tertiary/aromatic N) is 1. The van der Waals surface area contributed by atoms with Crippen LogP contribution in [0.2, 0.25) is 0 Å². The number of carboxylic acid groups (broad SMARTS) is 1. The number of benzene rings is 2. The van der Waals surface area contributed by atoms with E-state index in [1.54, 1.807) is 19.1 Å². The highest BCUT2D eigenvalue weighted by molar-refractivity contribution is 6.31. The normalized spacial score (nSPS) is 14.3. The topological polar surface area (TPSA) is 131 Å². The van der Waals surface area contributed by atoms with Gasteiger partial charge in [-0.3, -0.25) is 15.0 Å². The number of carboxylic acids is 1. The van der Waals surface area contributed by atoms with E-state index in [0.717, 1.165) is 5.01 Å². The van der Waals surface area contributed by atoms with Gasteiger partial charge in [0.15, 0.2) is 18.1 Å². The largest absolute Gasteiger partial charge is 0.490 e. The van der Waals surface area contributed by atoms with E-state index in [9.17, 15) is 19.2 Å². The molecule has 10 heteroatoms. The van der Waals surface area contributed by atoms with Crippen LogP contribution in [0, 0.1) is 0 Å². The van der Waals surface area contributed by atoms with Crippen molar-refractivity contribution in [3.63, 3.8) is 0 Å². The van der Waals surface area contributed by atoms with E-state index in [4.69, 9.17) is 14.6 Å². The third-order valence-corrected chi connectivity index (χ3v) is 4.37. The second kappa shape index (κ2) is 9.65. The lowest BCUT2D eigenvalue weighted by molar-refractivity contribution is -0.139. The van der Waals surface area contributed by atoms with Gasteiger partial charge in [0.1, 0.15) is 5.57 Å². The zero-order valence-corrected chi connectivity index (χ0v) is 17.3. The Kier molecular flexibility index (Phi) is 6.74. The highest BCUT2D eigenvalue weighted by Gasteiger charge is 2.34. The summed E-state index contributed by atoms with van der Waals surface area (Å²) in [5, 5.41) is 9.86. The van der Waals surface area contributed by atoms with E-state index in [2.05, 4.69) is 10.2 Å². The van der Waals surface area contributed by atoms with Crippen molar-refractivity contribution in [1.82, 2.24) is 5.43 Å². The van der Waals surface area contributed by atoms with Crippen LogP contribution in [-0.2, 0) is 19.1 Å². The summed E-state index contributed by atoms with van der Waals surface area (Å²) in [5.74, 6) is -2.32. The number of hydrazine groups is 1. The van der Waals surface area contributed by atoms with Crippen molar-refractivity contribution in [2.45, 2.75) is 6.92 Å². The number of rotatable bonds is 8. The number of hydrogen-bond donors (Lipinski definition) is 2. The Morgan fingerprint density at radius 1 is 1.06 bits per heavy atom. The molecule has 0 atom stereocenters. The van der Waals surface area contributed by atoms with E-state index >= 15 is 0 Å². The molecule has 166 valence electrons. The van der Waals surface area contributed by atoms with Crippen LogP contribution >= 0.6 is 0 Å². The number of ether oxygens (including phenoxy) is 3. The van der Waals surface area contributed by atoms with Gasteiger partial charge in [-0.25, -0.2) is 14.6 Å². The average Bonchev–Trinajstić information content (AvgIpc) is 3.06. The number of carbonyl (C=O) groups excluding carboxylic acids is 3. The summed E-state index contributed by atoms with van der Waals surface area (Å²) < 4.78 is 15.3. The van der Waals surface area contributed by atoms with Crippen molar-refractivity contribution in [2.24, 2.45) is 0 Å². The fourth-order valence-corrected chi connectivity index (χ4v) is 2.91. The molecule has 0 saturated carbocycles. The molecular formula is C22H20N2O8. The third-order valence-electron chi connectivity index (χ3n) is 4.37. The molecule has 0 radical (unpaired) electrons. The number of esters is 1. The lowest BCUT2D eigenvalue weighted by Crippen LogP contribution is -2.35. The number of anilines is 1. The van der Waals surface area contributed by atoms with E-state index < -0.39 is 30.4 Å². The molecule has 10 nitrogen and oxygen atoms in total. The van der Waals surface area contributed by atoms with Gasteiger partial charge in [-0.1, -0.05) is 6.07 Å². The number of aliphatic carboxylic acids is 1. The maximum Gasteiger partial charge on any atom is 0.341 e.